The Kier molecular flexibility index (Phi) is 10.8. The maximum Gasteiger partial charge on any atom is 0.0212 e. The maximum absolute atomic E-state index is 2.86. The second kappa shape index (κ2) is 13.5. The summed E-state index contributed by atoms with van der Waals surface area (Å²) in [5.41, 5.74) is 1.93. The van der Waals surface area contributed by atoms with Crippen molar-refractivity contribution in [2.45, 2.75) is 157 Å². The first kappa shape index (κ1) is 37.0. The standard InChI is InChI=1S/C40H78N6/c1-31-24-43(26-37(7,8)9)33(3)23-35(31)41-18-20-45(21-19-41)38(10,11)15-16-39(12,13)46-29-40(30-46)27-44(28-40)34-14-17-42(32(2)22-34)25-36(4,5)6/h31-35H,14-30H2,1-13H3/t31-,32+,33+,34?,35?/m0/s1. The molecule has 0 aliphatic carbocycles. The molecule has 0 amide bonds. The van der Waals surface area contributed by atoms with Crippen LogP contribution < -0.4 is 0 Å². The van der Waals surface area contributed by atoms with Gasteiger partial charge >= 0.3 is 0 Å². The molecule has 5 rings (SSSR count). The first-order valence-corrected chi connectivity index (χ1v) is 19.6. The van der Waals surface area contributed by atoms with E-state index in [1.54, 1.807) is 0 Å². The number of rotatable bonds is 9. The van der Waals surface area contributed by atoms with Crippen LogP contribution in [0.3, 0.4) is 0 Å². The van der Waals surface area contributed by atoms with Crippen LogP contribution in [0.5, 0.6) is 0 Å². The zero-order valence-electron chi connectivity index (χ0n) is 33.1. The lowest BCUT2D eigenvalue weighted by Crippen LogP contribution is -2.76. The van der Waals surface area contributed by atoms with E-state index < -0.39 is 0 Å². The fourth-order valence-corrected chi connectivity index (χ4v) is 10.2. The normalized spacial score (nSPS) is 33.7. The summed E-state index contributed by atoms with van der Waals surface area (Å²) in [6, 6.07) is 2.98. The molecule has 6 nitrogen and oxygen atoms in total. The van der Waals surface area contributed by atoms with Crippen LogP contribution in [0.2, 0.25) is 0 Å². The summed E-state index contributed by atoms with van der Waals surface area (Å²) in [5.74, 6) is 0.761. The summed E-state index contributed by atoms with van der Waals surface area (Å²) in [5, 5.41) is 0. The molecule has 0 aromatic carbocycles. The van der Waals surface area contributed by atoms with Crippen LogP contribution in [-0.4, -0.2) is 143 Å². The van der Waals surface area contributed by atoms with Crippen molar-refractivity contribution in [1.82, 2.24) is 29.4 Å². The van der Waals surface area contributed by atoms with Gasteiger partial charge in [-0.1, -0.05) is 48.5 Å². The van der Waals surface area contributed by atoms with Gasteiger partial charge in [0.1, 0.15) is 0 Å². The van der Waals surface area contributed by atoms with Crippen molar-refractivity contribution in [3.05, 3.63) is 0 Å². The molecule has 268 valence electrons. The third kappa shape index (κ3) is 8.73. The summed E-state index contributed by atoms with van der Waals surface area (Å²) in [6.07, 6.45) is 6.65. The maximum atomic E-state index is 2.86. The highest BCUT2D eigenvalue weighted by Gasteiger charge is 2.56. The monoisotopic (exact) mass is 643 g/mol. The molecular weight excluding hydrogens is 564 g/mol. The summed E-state index contributed by atoms with van der Waals surface area (Å²) >= 11 is 0. The molecule has 5 atom stereocenters. The Balaban J connectivity index is 1.02. The van der Waals surface area contributed by atoms with Gasteiger partial charge in [0.25, 0.3) is 0 Å². The highest BCUT2D eigenvalue weighted by atomic mass is 15.4. The Morgan fingerprint density at radius 1 is 0.565 bits per heavy atom. The molecular formula is C40H78N6. The zero-order chi connectivity index (χ0) is 33.9. The fourth-order valence-electron chi connectivity index (χ4n) is 10.2. The van der Waals surface area contributed by atoms with Crippen molar-refractivity contribution in [3.63, 3.8) is 0 Å². The second-order valence-electron chi connectivity index (χ2n) is 21.1. The van der Waals surface area contributed by atoms with Gasteiger partial charge in [0.15, 0.2) is 0 Å². The third-order valence-electron chi connectivity index (χ3n) is 13.2. The molecule has 5 aliphatic heterocycles. The van der Waals surface area contributed by atoms with Crippen LogP contribution in [0.1, 0.15) is 122 Å². The summed E-state index contributed by atoms with van der Waals surface area (Å²) in [7, 11) is 0. The predicted octanol–water partition coefficient (Wildman–Crippen LogP) is 6.60. The second-order valence-corrected chi connectivity index (χ2v) is 21.1. The molecule has 5 heterocycles. The highest BCUT2D eigenvalue weighted by molar-refractivity contribution is 5.11. The molecule has 5 saturated heterocycles. The van der Waals surface area contributed by atoms with Gasteiger partial charge in [-0.15, -0.1) is 0 Å². The molecule has 6 heteroatoms. The van der Waals surface area contributed by atoms with Crippen molar-refractivity contribution in [2.75, 3.05) is 78.5 Å². The Bertz CT molecular complexity index is 986. The smallest absolute Gasteiger partial charge is 0.0212 e. The predicted molar refractivity (Wildman–Crippen MR) is 198 cm³/mol. The van der Waals surface area contributed by atoms with Gasteiger partial charge in [0.05, 0.1) is 0 Å². The van der Waals surface area contributed by atoms with Gasteiger partial charge in [-0.3, -0.25) is 24.5 Å². The number of piperidine rings is 2. The summed E-state index contributed by atoms with van der Waals surface area (Å²) < 4.78 is 0. The van der Waals surface area contributed by atoms with E-state index in [9.17, 15) is 0 Å². The number of hydrogen-bond acceptors (Lipinski definition) is 6. The van der Waals surface area contributed by atoms with Crippen LogP contribution in [0.25, 0.3) is 0 Å². The quantitative estimate of drug-likeness (QED) is 0.280. The molecule has 5 fully saturated rings. The highest BCUT2D eigenvalue weighted by Crippen LogP contribution is 2.46. The number of hydrogen-bond donors (Lipinski definition) is 0. The minimum atomic E-state index is 0.271. The van der Waals surface area contributed by atoms with Crippen molar-refractivity contribution in [2.24, 2.45) is 22.2 Å². The molecule has 2 unspecified atom stereocenters. The molecule has 0 aromatic heterocycles. The average molecular weight is 643 g/mol. The lowest BCUT2D eigenvalue weighted by molar-refractivity contribution is -0.167. The lowest BCUT2D eigenvalue weighted by atomic mass is 9.69. The van der Waals surface area contributed by atoms with Gasteiger partial charge in [-0.2, -0.15) is 0 Å². The van der Waals surface area contributed by atoms with Gasteiger partial charge in [-0.05, 0) is 96.9 Å². The number of nitrogens with zero attached hydrogens (tertiary/aromatic N) is 6. The summed E-state index contributed by atoms with van der Waals surface area (Å²) in [6.45, 7) is 47.2. The van der Waals surface area contributed by atoms with Crippen LogP contribution in [0.4, 0.5) is 0 Å². The zero-order valence-corrected chi connectivity index (χ0v) is 33.1. The van der Waals surface area contributed by atoms with Crippen LogP contribution in [0, 0.1) is 22.2 Å². The van der Waals surface area contributed by atoms with Gasteiger partial charge in [-0.25, -0.2) is 0 Å². The Hall–Kier alpha value is -0.240. The minimum Gasteiger partial charge on any atom is -0.300 e. The molecule has 1 spiro atoms. The Morgan fingerprint density at radius 2 is 1.09 bits per heavy atom. The van der Waals surface area contributed by atoms with Crippen molar-refractivity contribution >= 4 is 0 Å². The van der Waals surface area contributed by atoms with Crippen molar-refractivity contribution < 1.29 is 0 Å². The molecule has 0 bridgehead atoms. The number of piperazine rings is 1. The van der Waals surface area contributed by atoms with E-state index in [1.165, 1.54) is 111 Å². The van der Waals surface area contributed by atoms with E-state index in [2.05, 4.69) is 119 Å². The first-order chi connectivity index (χ1) is 21.2. The van der Waals surface area contributed by atoms with Gasteiger partial charge in [0, 0.05) is 113 Å². The molecule has 0 saturated carbocycles. The van der Waals surface area contributed by atoms with Crippen molar-refractivity contribution in [1.29, 1.82) is 0 Å². The van der Waals surface area contributed by atoms with Crippen LogP contribution in [-0.2, 0) is 0 Å². The molecule has 0 radical (unpaired) electrons. The molecule has 5 aliphatic rings. The van der Waals surface area contributed by atoms with E-state index in [0.717, 1.165) is 24.0 Å². The average Bonchev–Trinajstić information content (AvgIpc) is 2.88. The van der Waals surface area contributed by atoms with Crippen LogP contribution in [0.15, 0.2) is 0 Å². The van der Waals surface area contributed by atoms with E-state index in [1.807, 2.05) is 0 Å². The lowest BCUT2D eigenvalue weighted by Gasteiger charge is -2.66. The van der Waals surface area contributed by atoms with E-state index in [-0.39, 0.29) is 5.54 Å². The number of likely N-dealkylation sites (tertiary alicyclic amines) is 4. The van der Waals surface area contributed by atoms with Crippen molar-refractivity contribution in [3.8, 4) is 0 Å². The van der Waals surface area contributed by atoms with E-state index in [0.29, 0.717) is 27.8 Å². The Morgan fingerprint density at radius 3 is 1.63 bits per heavy atom. The molecule has 0 N–H and O–H groups in total. The molecule has 46 heavy (non-hydrogen) atoms. The summed E-state index contributed by atoms with van der Waals surface area (Å²) in [4.78, 5) is 16.9. The Labute approximate surface area is 287 Å². The third-order valence-corrected chi connectivity index (χ3v) is 13.2. The largest absolute Gasteiger partial charge is 0.300 e. The fraction of sp³-hybridized carbons (Fsp3) is 1.00. The van der Waals surface area contributed by atoms with Gasteiger partial charge in [0.2, 0.25) is 0 Å². The van der Waals surface area contributed by atoms with E-state index >= 15 is 0 Å². The minimum absolute atomic E-state index is 0.271. The topological polar surface area (TPSA) is 19.4 Å². The van der Waals surface area contributed by atoms with E-state index in [4.69, 9.17) is 0 Å². The SMILES string of the molecule is C[C@@H]1CC(N2CC3(C2)CN(C(C)(C)CCC(C)(C)N2CCN(C4C[C@@H](C)N(CC(C)(C)C)C[C@@H]4C)CC2)C3)CCN1CC(C)(C)C. The molecule has 0 aromatic rings. The first-order valence-electron chi connectivity index (χ1n) is 19.6. The van der Waals surface area contributed by atoms with Crippen LogP contribution >= 0.6 is 0 Å². The van der Waals surface area contributed by atoms with Gasteiger partial charge < -0.3 is 4.90 Å².